The number of hydrogen-bond donors (Lipinski definition) is 1. The number of piperidine rings is 1. The van der Waals surface area contributed by atoms with Gasteiger partial charge in [-0.15, -0.1) is 5.10 Å². The lowest BCUT2D eigenvalue weighted by atomic mass is 10.1. The van der Waals surface area contributed by atoms with E-state index in [-0.39, 0.29) is 6.03 Å². The highest BCUT2D eigenvalue weighted by atomic mass is 16.5. The molecule has 1 aromatic heterocycles. The SMILES string of the molecule is CCCCOc1ccc(NC(=O)N2CCC(n3ccnn3)CC2)cc1. The van der Waals surface area contributed by atoms with E-state index in [4.69, 9.17) is 4.74 Å². The van der Waals surface area contributed by atoms with Crippen molar-refractivity contribution in [2.45, 2.75) is 38.6 Å². The molecule has 7 heteroatoms. The number of anilines is 1. The van der Waals surface area contributed by atoms with E-state index in [1.165, 1.54) is 0 Å². The molecule has 0 atom stereocenters. The van der Waals surface area contributed by atoms with Gasteiger partial charge in [0, 0.05) is 25.0 Å². The number of hydrogen-bond acceptors (Lipinski definition) is 4. The molecule has 1 saturated heterocycles. The fourth-order valence-electron chi connectivity index (χ4n) is 2.92. The normalized spacial score (nSPS) is 15.2. The Kier molecular flexibility index (Phi) is 5.87. The zero-order valence-corrected chi connectivity index (χ0v) is 14.6. The van der Waals surface area contributed by atoms with Gasteiger partial charge in [-0.25, -0.2) is 9.48 Å². The average molecular weight is 343 g/mol. The Hall–Kier alpha value is -2.57. The number of aromatic nitrogens is 3. The zero-order chi connectivity index (χ0) is 17.5. The number of rotatable bonds is 6. The standard InChI is InChI=1S/C18H25N5O2/c1-2-3-14-25-17-6-4-15(5-7-17)20-18(24)22-11-8-16(9-12-22)23-13-10-19-21-23/h4-7,10,13,16H,2-3,8-9,11-12,14H2,1H3,(H,20,24). The third kappa shape index (κ3) is 4.71. The van der Waals surface area contributed by atoms with Crippen LogP contribution in [0.1, 0.15) is 38.6 Å². The Labute approximate surface area is 148 Å². The van der Waals surface area contributed by atoms with E-state index in [9.17, 15) is 4.79 Å². The minimum Gasteiger partial charge on any atom is -0.494 e. The number of urea groups is 1. The number of amides is 2. The van der Waals surface area contributed by atoms with Gasteiger partial charge in [-0.2, -0.15) is 0 Å². The lowest BCUT2D eigenvalue weighted by molar-refractivity contribution is 0.179. The zero-order valence-electron chi connectivity index (χ0n) is 14.6. The second kappa shape index (κ2) is 8.50. The summed E-state index contributed by atoms with van der Waals surface area (Å²) < 4.78 is 7.51. The van der Waals surface area contributed by atoms with Crippen LogP contribution in [0.25, 0.3) is 0 Å². The smallest absolute Gasteiger partial charge is 0.321 e. The maximum Gasteiger partial charge on any atom is 0.321 e. The minimum atomic E-state index is -0.0586. The fourth-order valence-corrected chi connectivity index (χ4v) is 2.92. The second-order valence-electron chi connectivity index (χ2n) is 6.26. The molecule has 1 fully saturated rings. The molecule has 1 aromatic carbocycles. The van der Waals surface area contributed by atoms with Crippen molar-refractivity contribution in [2.75, 3.05) is 25.0 Å². The summed E-state index contributed by atoms with van der Waals surface area (Å²) in [5.74, 6) is 0.833. The topological polar surface area (TPSA) is 72.3 Å². The van der Waals surface area contributed by atoms with Crippen molar-refractivity contribution in [2.24, 2.45) is 0 Å². The molecule has 7 nitrogen and oxygen atoms in total. The van der Waals surface area contributed by atoms with Gasteiger partial charge < -0.3 is 15.0 Å². The van der Waals surface area contributed by atoms with Crippen molar-refractivity contribution in [3.63, 3.8) is 0 Å². The molecular weight excluding hydrogens is 318 g/mol. The molecule has 0 radical (unpaired) electrons. The van der Waals surface area contributed by atoms with Crippen LogP contribution in [0.15, 0.2) is 36.7 Å². The highest BCUT2D eigenvalue weighted by Crippen LogP contribution is 2.22. The number of ether oxygens (including phenoxy) is 1. The van der Waals surface area contributed by atoms with Gasteiger partial charge in [0.2, 0.25) is 0 Å². The lowest BCUT2D eigenvalue weighted by Gasteiger charge is -2.31. The number of unbranched alkanes of at least 4 members (excludes halogenated alkanes) is 1. The van der Waals surface area contributed by atoms with Gasteiger partial charge in [0.25, 0.3) is 0 Å². The van der Waals surface area contributed by atoms with Gasteiger partial charge in [-0.3, -0.25) is 0 Å². The van der Waals surface area contributed by atoms with Crippen LogP contribution < -0.4 is 10.1 Å². The van der Waals surface area contributed by atoms with Crippen molar-refractivity contribution < 1.29 is 9.53 Å². The summed E-state index contributed by atoms with van der Waals surface area (Å²) in [7, 11) is 0. The molecule has 2 heterocycles. The van der Waals surface area contributed by atoms with Crippen LogP contribution in [-0.4, -0.2) is 45.6 Å². The van der Waals surface area contributed by atoms with E-state index in [1.807, 2.05) is 40.0 Å². The molecule has 2 aromatic rings. The third-order valence-electron chi connectivity index (χ3n) is 4.44. The first-order valence-electron chi connectivity index (χ1n) is 8.91. The van der Waals surface area contributed by atoms with Gasteiger partial charge in [0.05, 0.1) is 18.8 Å². The Morgan fingerprint density at radius 2 is 2.04 bits per heavy atom. The van der Waals surface area contributed by atoms with Gasteiger partial charge in [-0.1, -0.05) is 18.6 Å². The van der Waals surface area contributed by atoms with E-state index in [0.29, 0.717) is 19.1 Å². The van der Waals surface area contributed by atoms with E-state index >= 15 is 0 Å². The Morgan fingerprint density at radius 3 is 2.68 bits per heavy atom. The predicted molar refractivity (Wildman–Crippen MR) is 95.7 cm³/mol. The maximum absolute atomic E-state index is 12.4. The molecule has 1 aliphatic heterocycles. The van der Waals surface area contributed by atoms with Gasteiger partial charge in [0.15, 0.2) is 0 Å². The molecule has 134 valence electrons. The largest absolute Gasteiger partial charge is 0.494 e. The van der Waals surface area contributed by atoms with Gasteiger partial charge in [-0.05, 0) is 43.5 Å². The summed E-state index contributed by atoms with van der Waals surface area (Å²) in [6.45, 7) is 4.29. The van der Waals surface area contributed by atoms with Crippen molar-refractivity contribution in [1.82, 2.24) is 19.9 Å². The van der Waals surface area contributed by atoms with E-state index < -0.39 is 0 Å². The minimum absolute atomic E-state index is 0.0586. The number of likely N-dealkylation sites (tertiary alicyclic amines) is 1. The molecule has 1 aliphatic rings. The average Bonchev–Trinajstić information content (AvgIpc) is 3.18. The Morgan fingerprint density at radius 1 is 1.28 bits per heavy atom. The summed E-state index contributed by atoms with van der Waals surface area (Å²) in [5.41, 5.74) is 0.784. The molecule has 0 saturated carbocycles. The summed E-state index contributed by atoms with van der Waals surface area (Å²) in [4.78, 5) is 14.3. The monoisotopic (exact) mass is 343 g/mol. The molecule has 2 amide bonds. The molecule has 0 bridgehead atoms. The first-order valence-corrected chi connectivity index (χ1v) is 8.91. The van der Waals surface area contributed by atoms with Crippen LogP contribution >= 0.6 is 0 Å². The summed E-state index contributed by atoms with van der Waals surface area (Å²) >= 11 is 0. The first-order chi connectivity index (χ1) is 12.3. The summed E-state index contributed by atoms with van der Waals surface area (Å²) in [6.07, 6.45) is 7.51. The van der Waals surface area contributed by atoms with Crippen molar-refractivity contribution >= 4 is 11.7 Å². The number of nitrogens with zero attached hydrogens (tertiary/aromatic N) is 4. The molecule has 0 aliphatic carbocycles. The van der Waals surface area contributed by atoms with Crippen LogP contribution in [-0.2, 0) is 0 Å². The molecule has 3 rings (SSSR count). The number of nitrogens with one attached hydrogen (secondary N) is 1. The lowest BCUT2D eigenvalue weighted by Crippen LogP contribution is -2.41. The fraction of sp³-hybridized carbons (Fsp3) is 0.500. The first kappa shape index (κ1) is 17.3. The molecule has 25 heavy (non-hydrogen) atoms. The highest BCUT2D eigenvalue weighted by Gasteiger charge is 2.24. The van der Waals surface area contributed by atoms with Crippen molar-refractivity contribution in [1.29, 1.82) is 0 Å². The molecule has 0 spiro atoms. The van der Waals surface area contributed by atoms with Crippen molar-refractivity contribution in [3.8, 4) is 5.75 Å². The van der Waals surface area contributed by atoms with Crippen LogP contribution in [0.2, 0.25) is 0 Å². The highest BCUT2D eigenvalue weighted by molar-refractivity contribution is 5.89. The third-order valence-corrected chi connectivity index (χ3v) is 4.44. The number of carbonyl (C=O) groups is 1. The van der Waals surface area contributed by atoms with E-state index in [0.717, 1.165) is 43.7 Å². The predicted octanol–water partition coefficient (Wildman–Crippen LogP) is 3.33. The number of carbonyl (C=O) groups excluding carboxylic acids is 1. The quantitative estimate of drug-likeness (QED) is 0.817. The molecule has 1 N–H and O–H groups in total. The van der Waals surface area contributed by atoms with Crippen LogP contribution in [0.4, 0.5) is 10.5 Å². The maximum atomic E-state index is 12.4. The van der Waals surface area contributed by atoms with Crippen molar-refractivity contribution in [3.05, 3.63) is 36.7 Å². The van der Waals surface area contributed by atoms with Gasteiger partial charge >= 0.3 is 6.03 Å². The second-order valence-corrected chi connectivity index (χ2v) is 6.26. The van der Waals surface area contributed by atoms with Crippen LogP contribution in [0.3, 0.4) is 0 Å². The Bertz CT molecular complexity index is 649. The number of benzene rings is 1. The molecular formula is C18H25N5O2. The summed E-state index contributed by atoms with van der Waals surface area (Å²) in [5, 5.41) is 10.8. The summed E-state index contributed by atoms with van der Waals surface area (Å²) in [6, 6.07) is 7.80. The van der Waals surface area contributed by atoms with E-state index in [2.05, 4.69) is 22.6 Å². The van der Waals surface area contributed by atoms with Crippen LogP contribution in [0, 0.1) is 0 Å². The molecule has 0 unspecified atom stereocenters. The van der Waals surface area contributed by atoms with Gasteiger partial charge in [0.1, 0.15) is 5.75 Å². The Balaban J connectivity index is 1.46. The van der Waals surface area contributed by atoms with E-state index in [1.54, 1.807) is 6.20 Å². The van der Waals surface area contributed by atoms with Crippen LogP contribution in [0.5, 0.6) is 5.75 Å².